The van der Waals surface area contributed by atoms with Crippen molar-refractivity contribution in [1.29, 1.82) is 0 Å². The third-order valence-electron chi connectivity index (χ3n) is 3.35. The number of rotatable bonds is 4. The molecule has 1 aliphatic rings. The molecular formula is C17H16N2O4. The Morgan fingerprint density at radius 2 is 1.61 bits per heavy atom. The summed E-state index contributed by atoms with van der Waals surface area (Å²) in [6.45, 7) is 4.94. The molecular weight excluding hydrogens is 296 g/mol. The Morgan fingerprint density at radius 3 is 2.35 bits per heavy atom. The van der Waals surface area contributed by atoms with Crippen LogP contribution in [0.4, 0.5) is 0 Å². The van der Waals surface area contributed by atoms with Crippen LogP contribution in [-0.4, -0.2) is 24.2 Å². The molecule has 0 spiro atoms. The van der Waals surface area contributed by atoms with E-state index in [9.17, 15) is 9.90 Å². The summed E-state index contributed by atoms with van der Waals surface area (Å²) in [5.41, 5.74) is 7.04. The van der Waals surface area contributed by atoms with Crippen LogP contribution in [0.3, 0.4) is 0 Å². The van der Waals surface area contributed by atoms with E-state index in [2.05, 4.69) is 17.4 Å². The van der Waals surface area contributed by atoms with E-state index >= 15 is 0 Å². The second kappa shape index (κ2) is 6.31. The van der Waals surface area contributed by atoms with Crippen LogP contribution in [0.1, 0.15) is 15.9 Å². The lowest BCUT2D eigenvalue weighted by Gasteiger charge is -2.19. The number of phenols is 1. The fraction of sp³-hybridized carbons (Fsp3) is 0.118. The maximum Gasteiger partial charge on any atom is 0.269 e. The van der Waals surface area contributed by atoms with Gasteiger partial charge in [0.15, 0.2) is 11.5 Å². The van der Waals surface area contributed by atoms with Gasteiger partial charge in [0.1, 0.15) is 19.0 Å². The van der Waals surface area contributed by atoms with Crippen LogP contribution in [0.25, 0.3) is 5.70 Å². The van der Waals surface area contributed by atoms with E-state index < -0.39 is 0 Å². The fourth-order valence-electron chi connectivity index (χ4n) is 2.12. The molecule has 6 heteroatoms. The number of hydrogen-bond acceptors (Lipinski definition) is 5. The van der Waals surface area contributed by atoms with Crippen LogP contribution >= 0.6 is 0 Å². The summed E-state index contributed by atoms with van der Waals surface area (Å²) in [7, 11) is 0. The largest absolute Gasteiger partial charge is 0.508 e. The molecule has 3 N–H and O–H groups in total. The molecule has 0 unspecified atom stereocenters. The zero-order chi connectivity index (χ0) is 16.2. The molecule has 1 amide bonds. The van der Waals surface area contributed by atoms with E-state index in [0.29, 0.717) is 36.0 Å². The highest BCUT2D eigenvalue weighted by atomic mass is 16.6. The van der Waals surface area contributed by atoms with Crippen LogP contribution < -0.4 is 20.3 Å². The van der Waals surface area contributed by atoms with Gasteiger partial charge in [0.2, 0.25) is 0 Å². The number of ether oxygens (including phenoxy) is 2. The Bertz CT molecular complexity index is 741. The number of phenolic OH excluding ortho intramolecular Hbond substituents is 1. The summed E-state index contributed by atoms with van der Waals surface area (Å²) in [4.78, 5) is 12.0. The summed E-state index contributed by atoms with van der Waals surface area (Å²) in [6, 6.07) is 11.4. The van der Waals surface area contributed by atoms with Crippen LogP contribution in [0.15, 0.2) is 49.0 Å². The summed E-state index contributed by atoms with van der Waals surface area (Å²) in [6.07, 6.45) is 0. The van der Waals surface area contributed by atoms with Crippen molar-refractivity contribution in [1.82, 2.24) is 10.9 Å². The van der Waals surface area contributed by atoms with Gasteiger partial charge in [-0.05, 0) is 42.5 Å². The lowest BCUT2D eigenvalue weighted by atomic mass is 10.1. The van der Waals surface area contributed by atoms with Crippen LogP contribution in [-0.2, 0) is 0 Å². The monoisotopic (exact) mass is 312 g/mol. The summed E-state index contributed by atoms with van der Waals surface area (Å²) >= 11 is 0. The normalized spacial score (nSPS) is 12.3. The molecule has 0 fully saturated rings. The average molecular weight is 312 g/mol. The maximum absolute atomic E-state index is 12.0. The Morgan fingerprint density at radius 1 is 0.957 bits per heavy atom. The second-order valence-corrected chi connectivity index (χ2v) is 4.96. The molecule has 3 rings (SSSR count). The number of amides is 1. The highest BCUT2D eigenvalue weighted by Crippen LogP contribution is 2.32. The van der Waals surface area contributed by atoms with E-state index in [-0.39, 0.29) is 11.7 Å². The number of carbonyl (C=O) groups is 1. The van der Waals surface area contributed by atoms with Gasteiger partial charge in [-0.25, -0.2) is 0 Å². The molecule has 0 radical (unpaired) electrons. The molecule has 1 heterocycles. The first kappa shape index (κ1) is 14.8. The highest BCUT2D eigenvalue weighted by molar-refractivity contribution is 5.94. The number of aromatic hydroxyl groups is 1. The minimum Gasteiger partial charge on any atom is -0.508 e. The Kier molecular flexibility index (Phi) is 4.05. The van der Waals surface area contributed by atoms with Gasteiger partial charge in [-0.1, -0.05) is 6.58 Å². The van der Waals surface area contributed by atoms with Gasteiger partial charge in [-0.3, -0.25) is 15.6 Å². The molecule has 0 saturated carbocycles. The minimum atomic E-state index is -0.330. The molecule has 2 aromatic carbocycles. The standard InChI is InChI=1S/C17H16N2O4/c1-11(13-4-7-15-16(10-13)23-9-8-22-15)18-19-17(21)12-2-5-14(20)6-3-12/h2-7,10,18,20H,1,8-9H2,(H,19,21). The Hall–Kier alpha value is -3.15. The van der Waals surface area contributed by atoms with Crippen molar-refractivity contribution in [3.05, 3.63) is 60.2 Å². The predicted molar refractivity (Wildman–Crippen MR) is 85.2 cm³/mol. The molecule has 0 aliphatic carbocycles. The molecule has 0 bridgehead atoms. The lowest BCUT2D eigenvalue weighted by molar-refractivity contribution is 0.0942. The van der Waals surface area contributed by atoms with Crippen LogP contribution in [0.2, 0.25) is 0 Å². The van der Waals surface area contributed by atoms with Crippen molar-refractivity contribution in [2.24, 2.45) is 0 Å². The number of hydrazine groups is 1. The molecule has 0 aromatic heterocycles. The van der Waals surface area contributed by atoms with Crippen molar-refractivity contribution >= 4 is 11.6 Å². The van der Waals surface area contributed by atoms with Crippen molar-refractivity contribution in [2.75, 3.05) is 13.2 Å². The first-order chi connectivity index (χ1) is 11.1. The smallest absolute Gasteiger partial charge is 0.269 e. The van der Waals surface area contributed by atoms with Gasteiger partial charge in [0.25, 0.3) is 5.91 Å². The quantitative estimate of drug-likeness (QED) is 0.753. The van der Waals surface area contributed by atoms with E-state index in [4.69, 9.17) is 9.47 Å². The summed E-state index contributed by atoms with van der Waals surface area (Å²) in [5, 5.41) is 9.22. The van der Waals surface area contributed by atoms with Crippen molar-refractivity contribution in [2.45, 2.75) is 0 Å². The first-order valence-corrected chi connectivity index (χ1v) is 7.08. The zero-order valence-corrected chi connectivity index (χ0v) is 12.3. The topological polar surface area (TPSA) is 79.8 Å². The number of hydrogen-bond donors (Lipinski definition) is 3. The maximum atomic E-state index is 12.0. The van der Waals surface area contributed by atoms with Crippen LogP contribution in [0.5, 0.6) is 17.2 Å². The molecule has 6 nitrogen and oxygen atoms in total. The summed E-state index contributed by atoms with van der Waals surface area (Å²) < 4.78 is 11.0. The minimum absolute atomic E-state index is 0.107. The number of fused-ring (bicyclic) bond motifs is 1. The average Bonchev–Trinajstić information content (AvgIpc) is 2.59. The third-order valence-corrected chi connectivity index (χ3v) is 3.35. The SMILES string of the molecule is C=C(NNC(=O)c1ccc(O)cc1)c1ccc2c(c1)OCCO2. The molecule has 0 atom stereocenters. The number of benzene rings is 2. The van der Waals surface area contributed by atoms with Gasteiger partial charge >= 0.3 is 0 Å². The van der Waals surface area contributed by atoms with E-state index in [1.54, 1.807) is 12.1 Å². The Balaban J connectivity index is 1.63. The molecule has 23 heavy (non-hydrogen) atoms. The third kappa shape index (κ3) is 3.37. The molecule has 0 saturated heterocycles. The van der Waals surface area contributed by atoms with Gasteiger partial charge in [-0.15, -0.1) is 0 Å². The van der Waals surface area contributed by atoms with Gasteiger partial charge < -0.3 is 14.6 Å². The number of carbonyl (C=O) groups excluding carboxylic acids is 1. The zero-order valence-electron chi connectivity index (χ0n) is 12.3. The fourth-order valence-corrected chi connectivity index (χ4v) is 2.12. The van der Waals surface area contributed by atoms with Gasteiger partial charge in [-0.2, -0.15) is 0 Å². The van der Waals surface area contributed by atoms with E-state index in [1.807, 2.05) is 6.07 Å². The molecule has 2 aromatic rings. The molecule has 1 aliphatic heterocycles. The van der Waals surface area contributed by atoms with E-state index in [0.717, 1.165) is 5.56 Å². The van der Waals surface area contributed by atoms with Crippen molar-refractivity contribution in [3.63, 3.8) is 0 Å². The van der Waals surface area contributed by atoms with Gasteiger partial charge in [0, 0.05) is 11.1 Å². The Labute approximate surface area is 133 Å². The summed E-state index contributed by atoms with van der Waals surface area (Å²) in [5.74, 6) is 1.13. The van der Waals surface area contributed by atoms with E-state index in [1.165, 1.54) is 24.3 Å². The van der Waals surface area contributed by atoms with Crippen LogP contribution in [0, 0.1) is 0 Å². The second-order valence-electron chi connectivity index (χ2n) is 4.96. The molecule has 118 valence electrons. The number of nitrogens with one attached hydrogen (secondary N) is 2. The van der Waals surface area contributed by atoms with Crippen molar-refractivity contribution in [3.8, 4) is 17.2 Å². The van der Waals surface area contributed by atoms with Gasteiger partial charge in [0.05, 0.1) is 5.70 Å². The highest BCUT2D eigenvalue weighted by Gasteiger charge is 2.13. The lowest BCUT2D eigenvalue weighted by Crippen LogP contribution is -2.35. The van der Waals surface area contributed by atoms with Crippen molar-refractivity contribution < 1.29 is 19.4 Å². The first-order valence-electron chi connectivity index (χ1n) is 7.08. The predicted octanol–water partition coefficient (Wildman–Crippen LogP) is 2.07.